The Hall–Kier alpha value is -1.86. The van der Waals surface area contributed by atoms with Crippen molar-refractivity contribution in [1.82, 2.24) is 0 Å². The van der Waals surface area contributed by atoms with Gasteiger partial charge in [-0.05, 0) is 12.1 Å². The van der Waals surface area contributed by atoms with Crippen LogP contribution in [-0.4, -0.2) is 26.8 Å². The zero-order chi connectivity index (χ0) is 12.0. The number of carbonyl (C=O) groups is 1. The maximum atomic E-state index is 13.4. The Kier molecular flexibility index (Phi) is 4.49. The summed E-state index contributed by atoms with van der Waals surface area (Å²) in [6, 6.07) is 4.14. The van der Waals surface area contributed by atoms with Crippen molar-refractivity contribution in [1.29, 1.82) is 0 Å². The molecule has 1 aromatic rings. The average Bonchev–Trinajstić information content (AvgIpc) is 2.30. The Balaban J connectivity index is 3.15. The summed E-state index contributed by atoms with van der Waals surface area (Å²) in [5, 5.41) is 0. The molecule has 0 atom stereocenters. The van der Waals surface area contributed by atoms with E-state index < -0.39 is 11.8 Å². The first-order valence-corrected chi connectivity index (χ1v) is 4.55. The van der Waals surface area contributed by atoms with E-state index >= 15 is 0 Å². The molecule has 0 spiro atoms. The van der Waals surface area contributed by atoms with Gasteiger partial charge in [0.2, 0.25) is 0 Å². The third-order valence-corrected chi connectivity index (χ3v) is 1.85. The number of hydrogen-bond donors (Lipinski definition) is 0. The Morgan fingerprint density at radius 1 is 1.44 bits per heavy atom. The summed E-state index contributed by atoms with van der Waals surface area (Å²) in [6.45, 7) is 0.176. The fourth-order valence-electron chi connectivity index (χ4n) is 1.13. The highest BCUT2D eigenvalue weighted by atomic mass is 19.1. The molecule has 4 heteroatoms. The lowest BCUT2D eigenvalue weighted by molar-refractivity contribution is 0.0600. The number of hydrogen-bond acceptors (Lipinski definition) is 3. The van der Waals surface area contributed by atoms with Crippen LogP contribution in [0.5, 0.6) is 0 Å². The highest BCUT2D eigenvalue weighted by Crippen LogP contribution is 2.13. The number of esters is 1. The van der Waals surface area contributed by atoms with Crippen molar-refractivity contribution in [3.8, 4) is 11.8 Å². The molecule has 0 heterocycles. The van der Waals surface area contributed by atoms with Crippen molar-refractivity contribution in [2.45, 2.75) is 0 Å². The molecule has 0 bridgehead atoms. The maximum Gasteiger partial charge on any atom is 0.339 e. The van der Waals surface area contributed by atoms with Gasteiger partial charge in [0.05, 0.1) is 18.2 Å². The fraction of sp³-hybridized carbons (Fsp3) is 0.250. The third kappa shape index (κ3) is 2.81. The van der Waals surface area contributed by atoms with Gasteiger partial charge >= 0.3 is 5.97 Å². The lowest BCUT2D eigenvalue weighted by Gasteiger charge is -2.02. The van der Waals surface area contributed by atoms with Gasteiger partial charge in [-0.15, -0.1) is 0 Å². The number of halogens is 1. The van der Waals surface area contributed by atoms with Crippen LogP contribution in [0.2, 0.25) is 0 Å². The van der Waals surface area contributed by atoms with Crippen LogP contribution >= 0.6 is 0 Å². The van der Waals surface area contributed by atoms with E-state index in [4.69, 9.17) is 4.74 Å². The molecule has 0 aliphatic rings. The topological polar surface area (TPSA) is 35.5 Å². The van der Waals surface area contributed by atoms with Crippen LogP contribution in [0.3, 0.4) is 0 Å². The van der Waals surface area contributed by atoms with Gasteiger partial charge < -0.3 is 9.47 Å². The largest absolute Gasteiger partial charge is 0.465 e. The number of ether oxygens (including phenoxy) is 2. The van der Waals surface area contributed by atoms with E-state index in [9.17, 15) is 9.18 Å². The van der Waals surface area contributed by atoms with Gasteiger partial charge in [0, 0.05) is 7.11 Å². The predicted molar refractivity (Wildman–Crippen MR) is 56.5 cm³/mol. The molecule has 1 aromatic carbocycles. The molecule has 0 aromatic heterocycles. The molecule has 0 radical (unpaired) electrons. The number of carbonyl (C=O) groups excluding carboxylic acids is 1. The summed E-state index contributed by atoms with van der Waals surface area (Å²) in [4.78, 5) is 11.3. The van der Waals surface area contributed by atoms with E-state index in [-0.39, 0.29) is 17.7 Å². The molecule has 0 aliphatic heterocycles. The zero-order valence-electron chi connectivity index (χ0n) is 9.04. The summed E-state index contributed by atoms with van der Waals surface area (Å²) in [5.74, 6) is 3.98. The Morgan fingerprint density at radius 2 is 2.19 bits per heavy atom. The number of benzene rings is 1. The normalized spacial score (nSPS) is 9.19. The van der Waals surface area contributed by atoms with Crippen LogP contribution in [-0.2, 0) is 9.47 Å². The van der Waals surface area contributed by atoms with Crippen LogP contribution in [0.1, 0.15) is 15.9 Å². The van der Waals surface area contributed by atoms with Crippen molar-refractivity contribution in [3.63, 3.8) is 0 Å². The summed E-state index contributed by atoms with van der Waals surface area (Å²) in [7, 11) is 2.72. The second kappa shape index (κ2) is 5.89. The SMILES string of the molecule is COCC#Cc1c(F)cccc1C(=O)OC. The lowest BCUT2D eigenvalue weighted by Crippen LogP contribution is -2.05. The van der Waals surface area contributed by atoms with Crippen molar-refractivity contribution >= 4 is 5.97 Å². The monoisotopic (exact) mass is 222 g/mol. The first-order valence-electron chi connectivity index (χ1n) is 4.55. The lowest BCUT2D eigenvalue weighted by atomic mass is 10.1. The molecule has 84 valence electrons. The van der Waals surface area contributed by atoms with E-state index in [1.165, 1.54) is 32.4 Å². The minimum absolute atomic E-state index is 0.0337. The molecule has 0 fully saturated rings. The van der Waals surface area contributed by atoms with Crippen LogP contribution in [0.4, 0.5) is 4.39 Å². The highest BCUT2D eigenvalue weighted by Gasteiger charge is 2.13. The van der Waals surface area contributed by atoms with Gasteiger partial charge in [-0.2, -0.15) is 0 Å². The van der Waals surface area contributed by atoms with Gasteiger partial charge in [0.1, 0.15) is 12.4 Å². The first kappa shape index (κ1) is 12.2. The first-order chi connectivity index (χ1) is 7.70. The average molecular weight is 222 g/mol. The second-order valence-corrected chi connectivity index (χ2v) is 2.89. The van der Waals surface area contributed by atoms with Crippen molar-refractivity contribution in [2.75, 3.05) is 20.8 Å². The van der Waals surface area contributed by atoms with Crippen molar-refractivity contribution in [2.24, 2.45) is 0 Å². The maximum absolute atomic E-state index is 13.4. The number of methoxy groups -OCH3 is 2. The summed E-state index contributed by atoms with van der Waals surface area (Å²) in [6.07, 6.45) is 0. The Morgan fingerprint density at radius 3 is 2.81 bits per heavy atom. The van der Waals surface area contributed by atoms with E-state index in [0.717, 1.165) is 0 Å². The molecular formula is C12H11FO3. The van der Waals surface area contributed by atoms with Gasteiger partial charge in [0.25, 0.3) is 0 Å². The standard InChI is InChI=1S/C12H11FO3/c1-15-8-4-6-9-10(12(14)16-2)5-3-7-11(9)13/h3,5,7H,8H2,1-2H3. The van der Waals surface area contributed by atoms with Gasteiger partial charge in [-0.25, -0.2) is 9.18 Å². The molecule has 3 nitrogen and oxygen atoms in total. The molecule has 0 unspecified atom stereocenters. The van der Waals surface area contributed by atoms with E-state index in [1.807, 2.05) is 0 Å². The Bertz CT molecular complexity index is 443. The zero-order valence-corrected chi connectivity index (χ0v) is 9.04. The van der Waals surface area contributed by atoms with Crippen molar-refractivity contribution in [3.05, 3.63) is 35.1 Å². The van der Waals surface area contributed by atoms with E-state index in [2.05, 4.69) is 16.6 Å². The van der Waals surface area contributed by atoms with Crippen LogP contribution in [0, 0.1) is 17.7 Å². The van der Waals surface area contributed by atoms with Gasteiger partial charge in [-0.1, -0.05) is 17.9 Å². The minimum atomic E-state index is -0.610. The summed E-state index contributed by atoms with van der Waals surface area (Å²) >= 11 is 0. The predicted octanol–water partition coefficient (Wildman–Crippen LogP) is 1.61. The molecule has 0 N–H and O–H groups in total. The molecular weight excluding hydrogens is 211 g/mol. The molecule has 0 aliphatic carbocycles. The van der Waals surface area contributed by atoms with Crippen LogP contribution in [0.25, 0.3) is 0 Å². The third-order valence-electron chi connectivity index (χ3n) is 1.85. The summed E-state index contributed by atoms with van der Waals surface area (Å²) in [5.41, 5.74) is 0.150. The fourth-order valence-corrected chi connectivity index (χ4v) is 1.13. The molecule has 1 rings (SSSR count). The summed E-state index contributed by atoms with van der Waals surface area (Å²) < 4.78 is 22.7. The van der Waals surface area contributed by atoms with Gasteiger partial charge in [-0.3, -0.25) is 0 Å². The minimum Gasteiger partial charge on any atom is -0.465 e. The molecule has 0 saturated carbocycles. The Labute approximate surface area is 93.2 Å². The molecule has 0 saturated heterocycles. The van der Waals surface area contributed by atoms with Crippen LogP contribution in [0.15, 0.2) is 18.2 Å². The van der Waals surface area contributed by atoms with Crippen LogP contribution < -0.4 is 0 Å². The van der Waals surface area contributed by atoms with E-state index in [0.29, 0.717) is 0 Å². The number of rotatable bonds is 2. The second-order valence-electron chi connectivity index (χ2n) is 2.89. The quantitative estimate of drug-likeness (QED) is 0.563. The highest BCUT2D eigenvalue weighted by molar-refractivity contribution is 5.92. The smallest absolute Gasteiger partial charge is 0.339 e. The molecule has 16 heavy (non-hydrogen) atoms. The van der Waals surface area contributed by atoms with E-state index in [1.54, 1.807) is 0 Å². The van der Waals surface area contributed by atoms with Gasteiger partial charge in [0.15, 0.2) is 0 Å². The molecule has 0 amide bonds. The van der Waals surface area contributed by atoms with Crippen molar-refractivity contribution < 1.29 is 18.7 Å².